The van der Waals surface area contributed by atoms with E-state index in [0.29, 0.717) is 23.8 Å². The van der Waals surface area contributed by atoms with Crippen molar-refractivity contribution in [2.45, 2.75) is 13.3 Å². The van der Waals surface area contributed by atoms with Gasteiger partial charge in [0.2, 0.25) is 0 Å². The van der Waals surface area contributed by atoms with Gasteiger partial charge in [-0.1, -0.05) is 30.7 Å². The van der Waals surface area contributed by atoms with Gasteiger partial charge in [0.15, 0.2) is 0 Å². The highest BCUT2D eigenvalue weighted by Crippen LogP contribution is 2.16. The van der Waals surface area contributed by atoms with Crippen molar-refractivity contribution < 1.29 is 14.3 Å². The van der Waals surface area contributed by atoms with Crippen molar-refractivity contribution in [1.82, 2.24) is 0 Å². The molecule has 0 amide bonds. The summed E-state index contributed by atoms with van der Waals surface area (Å²) in [6.07, 6.45) is 0.867. The van der Waals surface area contributed by atoms with Crippen molar-refractivity contribution >= 4 is 17.6 Å². The maximum Gasteiger partial charge on any atom is 0.339 e. The summed E-state index contributed by atoms with van der Waals surface area (Å²) < 4.78 is 10.2. The van der Waals surface area contributed by atoms with Crippen LogP contribution in [0.5, 0.6) is 0 Å². The molecule has 0 saturated heterocycles. The second-order valence-corrected chi connectivity index (χ2v) is 4.37. The summed E-state index contributed by atoms with van der Waals surface area (Å²) in [6, 6.07) is 6.87. The molecular weight excluding hydrogens is 240 g/mol. The quantitative estimate of drug-likeness (QED) is 0.734. The topological polar surface area (TPSA) is 35.5 Å². The van der Waals surface area contributed by atoms with Gasteiger partial charge in [0.25, 0.3) is 0 Å². The van der Waals surface area contributed by atoms with Crippen LogP contribution < -0.4 is 0 Å². The minimum absolute atomic E-state index is 0.279. The Morgan fingerprint density at radius 3 is 2.76 bits per heavy atom. The van der Waals surface area contributed by atoms with Crippen molar-refractivity contribution in [3.05, 3.63) is 34.9 Å². The Balaban J connectivity index is 2.42. The van der Waals surface area contributed by atoms with E-state index >= 15 is 0 Å². The smallest absolute Gasteiger partial charge is 0.339 e. The molecule has 1 rings (SSSR count). The van der Waals surface area contributed by atoms with Crippen LogP contribution in [0.4, 0.5) is 0 Å². The van der Waals surface area contributed by atoms with Gasteiger partial charge in [-0.2, -0.15) is 0 Å². The van der Waals surface area contributed by atoms with Gasteiger partial charge in [-0.25, -0.2) is 4.79 Å². The van der Waals surface area contributed by atoms with E-state index < -0.39 is 0 Å². The summed E-state index contributed by atoms with van der Waals surface area (Å²) in [4.78, 5) is 11.7. The number of carbonyl (C=O) groups is 1. The van der Waals surface area contributed by atoms with E-state index in [0.717, 1.165) is 6.42 Å². The number of esters is 1. The number of hydrogen-bond donors (Lipinski definition) is 0. The summed E-state index contributed by atoms with van der Waals surface area (Å²) in [5.74, 6) is -0.0961. The molecule has 0 fully saturated rings. The molecule has 1 unspecified atom stereocenters. The predicted octanol–water partition coefficient (Wildman–Crippen LogP) is 3.17. The van der Waals surface area contributed by atoms with E-state index in [9.17, 15) is 4.79 Å². The lowest BCUT2D eigenvalue weighted by atomic mass is 10.1. The van der Waals surface area contributed by atoms with Crippen molar-refractivity contribution in [3.63, 3.8) is 0 Å². The first-order valence-electron chi connectivity index (χ1n) is 5.55. The van der Waals surface area contributed by atoms with Crippen LogP contribution in [0.25, 0.3) is 0 Å². The number of carbonyl (C=O) groups excluding carboxylic acids is 1. The normalized spacial score (nSPS) is 12.2. The number of rotatable bonds is 6. The lowest BCUT2D eigenvalue weighted by Crippen LogP contribution is -2.13. The summed E-state index contributed by atoms with van der Waals surface area (Å²) in [7, 11) is 1.66. The molecule has 0 N–H and O–H groups in total. The SMILES string of the molecule is COCCC(C)COC(=O)c1ccccc1Cl. The van der Waals surface area contributed by atoms with Crippen LogP contribution in [0, 0.1) is 5.92 Å². The van der Waals surface area contributed by atoms with E-state index in [1.54, 1.807) is 31.4 Å². The van der Waals surface area contributed by atoms with Gasteiger partial charge in [0.05, 0.1) is 17.2 Å². The zero-order valence-electron chi connectivity index (χ0n) is 10.1. The van der Waals surface area contributed by atoms with Gasteiger partial charge in [0.1, 0.15) is 0 Å². The molecule has 4 heteroatoms. The number of ether oxygens (including phenoxy) is 2. The number of hydrogen-bond acceptors (Lipinski definition) is 3. The lowest BCUT2D eigenvalue weighted by molar-refractivity contribution is 0.0424. The zero-order chi connectivity index (χ0) is 12.7. The molecule has 1 aromatic rings. The molecule has 0 aliphatic rings. The van der Waals surface area contributed by atoms with Gasteiger partial charge in [-0.15, -0.1) is 0 Å². The first-order chi connectivity index (χ1) is 8.15. The van der Waals surface area contributed by atoms with E-state index in [-0.39, 0.29) is 11.9 Å². The molecule has 0 aliphatic carbocycles. The fourth-order valence-electron chi connectivity index (χ4n) is 1.32. The highest BCUT2D eigenvalue weighted by Gasteiger charge is 2.12. The summed E-state index contributed by atoms with van der Waals surface area (Å²) >= 11 is 5.90. The molecule has 0 saturated carbocycles. The standard InChI is InChI=1S/C13H17ClO3/c1-10(7-8-16-2)9-17-13(15)11-5-3-4-6-12(11)14/h3-6,10H,7-9H2,1-2H3. The van der Waals surface area contributed by atoms with Crippen LogP contribution >= 0.6 is 11.6 Å². The van der Waals surface area contributed by atoms with Crippen molar-refractivity contribution in [1.29, 1.82) is 0 Å². The summed E-state index contributed by atoms with van der Waals surface area (Å²) in [6.45, 7) is 3.07. The molecule has 0 spiro atoms. The van der Waals surface area contributed by atoms with Crippen LogP contribution in [-0.4, -0.2) is 26.3 Å². The molecule has 94 valence electrons. The second kappa shape index (κ2) is 7.30. The second-order valence-electron chi connectivity index (χ2n) is 3.96. The number of benzene rings is 1. The van der Waals surface area contributed by atoms with Crippen molar-refractivity contribution in [2.75, 3.05) is 20.3 Å². The molecule has 1 atom stereocenters. The molecule has 0 heterocycles. The van der Waals surface area contributed by atoms with E-state index in [2.05, 4.69) is 0 Å². The third-order valence-electron chi connectivity index (χ3n) is 2.41. The molecule has 17 heavy (non-hydrogen) atoms. The van der Waals surface area contributed by atoms with Crippen LogP contribution in [0.3, 0.4) is 0 Å². The Morgan fingerprint density at radius 1 is 1.41 bits per heavy atom. The van der Waals surface area contributed by atoms with E-state index in [1.165, 1.54) is 0 Å². The average Bonchev–Trinajstić information content (AvgIpc) is 2.34. The fraction of sp³-hybridized carbons (Fsp3) is 0.462. The Bertz CT molecular complexity index is 365. The van der Waals surface area contributed by atoms with Crippen LogP contribution in [0.1, 0.15) is 23.7 Å². The first kappa shape index (κ1) is 14.0. The molecule has 0 aromatic heterocycles. The highest BCUT2D eigenvalue weighted by molar-refractivity contribution is 6.33. The largest absolute Gasteiger partial charge is 0.462 e. The molecular formula is C13H17ClO3. The van der Waals surface area contributed by atoms with Gasteiger partial charge in [0, 0.05) is 13.7 Å². The monoisotopic (exact) mass is 256 g/mol. The van der Waals surface area contributed by atoms with Crippen molar-refractivity contribution in [3.8, 4) is 0 Å². The minimum Gasteiger partial charge on any atom is -0.462 e. The maximum absolute atomic E-state index is 11.7. The average molecular weight is 257 g/mol. The third-order valence-corrected chi connectivity index (χ3v) is 2.74. The molecule has 0 radical (unpaired) electrons. The summed E-state index contributed by atoms with van der Waals surface area (Å²) in [5, 5.41) is 0.419. The molecule has 3 nitrogen and oxygen atoms in total. The van der Waals surface area contributed by atoms with Gasteiger partial charge >= 0.3 is 5.97 Å². The maximum atomic E-state index is 11.7. The van der Waals surface area contributed by atoms with Crippen LogP contribution in [0.2, 0.25) is 5.02 Å². The van der Waals surface area contributed by atoms with E-state index in [1.807, 2.05) is 6.92 Å². The van der Waals surface area contributed by atoms with Gasteiger partial charge in [-0.05, 0) is 24.5 Å². The Kier molecular flexibility index (Phi) is 6.01. The highest BCUT2D eigenvalue weighted by atomic mass is 35.5. The fourth-order valence-corrected chi connectivity index (χ4v) is 1.54. The molecule has 0 bridgehead atoms. The third kappa shape index (κ3) is 4.75. The Morgan fingerprint density at radius 2 is 2.12 bits per heavy atom. The van der Waals surface area contributed by atoms with Gasteiger partial charge in [-0.3, -0.25) is 0 Å². The van der Waals surface area contributed by atoms with Crippen molar-refractivity contribution in [2.24, 2.45) is 5.92 Å². The lowest BCUT2D eigenvalue weighted by Gasteiger charge is -2.11. The zero-order valence-corrected chi connectivity index (χ0v) is 10.9. The Labute approximate surface area is 107 Å². The Hall–Kier alpha value is -1.06. The van der Waals surface area contributed by atoms with Crippen LogP contribution in [-0.2, 0) is 9.47 Å². The number of halogens is 1. The van der Waals surface area contributed by atoms with E-state index in [4.69, 9.17) is 21.1 Å². The predicted molar refractivity (Wildman–Crippen MR) is 67.4 cm³/mol. The molecule has 1 aromatic carbocycles. The molecule has 0 aliphatic heterocycles. The van der Waals surface area contributed by atoms with Crippen LogP contribution in [0.15, 0.2) is 24.3 Å². The number of methoxy groups -OCH3 is 1. The van der Waals surface area contributed by atoms with Gasteiger partial charge < -0.3 is 9.47 Å². The first-order valence-corrected chi connectivity index (χ1v) is 5.93. The minimum atomic E-state index is -0.375. The summed E-state index contributed by atoms with van der Waals surface area (Å²) in [5.41, 5.74) is 0.410.